The molecule has 2 heterocycles. The van der Waals surface area contributed by atoms with Gasteiger partial charge in [-0.05, 0) is 12.1 Å². The minimum absolute atomic E-state index is 0.221. The van der Waals surface area contributed by atoms with E-state index in [0.29, 0.717) is 17.2 Å². The van der Waals surface area contributed by atoms with Crippen molar-refractivity contribution in [3.8, 4) is 0 Å². The summed E-state index contributed by atoms with van der Waals surface area (Å²) in [7, 11) is 3.21. The lowest BCUT2D eigenvalue weighted by Crippen LogP contribution is -2.26. The Labute approximate surface area is 114 Å². The fourth-order valence-electron chi connectivity index (χ4n) is 1.48. The van der Waals surface area contributed by atoms with Crippen molar-refractivity contribution in [3.05, 3.63) is 40.2 Å². The Kier molecular flexibility index (Phi) is 3.96. The van der Waals surface area contributed by atoms with Gasteiger partial charge in [-0.15, -0.1) is 11.3 Å². The van der Waals surface area contributed by atoms with E-state index in [9.17, 15) is 9.59 Å². The molecule has 6 nitrogen and oxygen atoms in total. The van der Waals surface area contributed by atoms with Gasteiger partial charge in [0, 0.05) is 19.5 Å². The third-order valence-electron chi connectivity index (χ3n) is 2.46. The number of nitrogens with zero attached hydrogens (tertiary/aromatic N) is 2. The summed E-state index contributed by atoms with van der Waals surface area (Å²) < 4.78 is 5.04. The van der Waals surface area contributed by atoms with E-state index in [4.69, 9.17) is 4.42 Å². The first-order chi connectivity index (χ1) is 9.11. The van der Waals surface area contributed by atoms with Gasteiger partial charge in [-0.3, -0.25) is 9.59 Å². The van der Waals surface area contributed by atoms with Crippen molar-refractivity contribution >= 4 is 23.2 Å². The molecule has 7 heteroatoms. The van der Waals surface area contributed by atoms with Gasteiger partial charge in [-0.25, -0.2) is 4.98 Å². The molecule has 1 N–H and O–H groups in total. The molecule has 19 heavy (non-hydrogen) atoms. The maximum Gasteiger partial charge on any atom is 0.289 e. The number of nitrogens with one attached hydrogen (secondary N) is 1. The predicted octanol–water partition coefficient (Wildman–Crippen LogP) is 1.37. The van der Waals surface area contributed by atoms with Gasteiger partial charge in [0.1, 0.15) is 10.7 Å². The molecular formula is C12H13N3O3S. The molecule has 0 spiro atoms. The number of thiazole rings is 1. The lowest BCUT2D eigenvalue weighted by Gasteiger charge is -2.13. The summed E-state index contributed by atoms with van der Waals surface area (Å²) in [5.74, 6) is -0.171. The molecule has 0 bridgehead atoms. The minimum Gasteiger partial charge on any atom is -0.459 e. The maximum atomic E-state index is 11.9. The topological polar surface area (TPSA) is 75.4 Å². The highest BCUT2D eigenvalue weighted by Gasteiger charge is 2.16. The van der Waals surface area contributed by atoms with Crippen LogP contribution in [0.5, 0.6) is 0 Å². The summed E-state index contributed by atoms with van der Waals surface area (Å²) in [5.41, 5.74) is 0.362. The molecule has 0 radical (unpaired) electrons. The van der Waals surface area contributed by atoms with Gasteiger partial charge in [0.25, 0.3) is 11.8 Å². The number of aromatic nitrogens is 1. The lowest BCUT2D eigenvalue weighted by atomic mass is 10.4. The van der Waals surface area contributed by atoms with Gasteiger partial charge in [0.05, 0.1) is 12.8 Å². The molecule has 0 saturated carbocycles. The molecule has 0 atom stereocenters. The van der Waals surface area contributed by atoms with Crippen LogP contribution in [0.1, 0.15) is 26.1 Å². The highest BCUT2D eigenvalue weighted by atomic mass is 32.1. The quantitative estimate of drug-likeness (QED) is 0.917. The van der Waals surface area contributed by atoms with Gasteiger partial charge in [0.2, 0.25) is 0 Å². The van der Waals surface area contributed by atoms with Crippen LogP contribution in [-0.4, -0.2) is 35.8 Å². The van der Waals surface area contributed by atoms with Gasteiger partial charge >= 0.3 is 0 Å². The Bertz CT molecular complexity index is 577. The van der Waals surface area contributed by atoms with E-state index in [0.717, 1.165) is 0 Å². The molecule has 0 aliphatic carbocycles. The van der Waals surface area contributed by atoms with Crippen molar-refractivity contribution < 1.29 is 14.0 Å². The van der Waals surface area contributed by atoms with Crippen LogP contribution in [0.4, 0.5) is 0 Å². The predicted molar refractivity (Wildman–Crippen MR) is 70.0 cm³/mol. The Morgan fingerprint density at radius 3 is 2.95 bits per heavy atom. The molecule has 0 saturated heterocycles. The number of hydrogen-bond acceptors (Lipinski definition) is 5. The molecule has 2 aromatic rings. The summed E-state index contributed by atoms with van der Waals surface area (Å²) in [4.78, 5) is 29.0. The Balaban J connectivity index is 2.03. The maximum absolute atomic E-state index is 11.9. The van der Waals surface area contributed by atoms with Crippen molar-refractivity contribution in [1.29, 1.82) is 0 Å². The number of hydrogen-bond donors (Lipinski definition) is 1. The molecule has 2 aromatic heterocycles. The number of carbonyl (C=O) groups is 2. The second-order valence-corrected chi connectivity index (χ2v) is 4.79. The largest absolute Gasteiger partial charge is 0.459 e. The van der Waals surface area contributed by atoms with Gasteiger partial charge in [-0.1, -0.05) is 0 Å². The van der Waals surface area contributed by atoms with Gasteiger partial charge < -0.3 is 14.6 Å². The van der Waals surface area contributed by atoms with E-state index in [-0.39, 0.29) is 17.6 Å². The standard InChI is InChI=1S/C12H13N3O3S/c1-13-11(16)8-7-19-10(14-8)6-15(2)12(17)9-4-3-5-18-9/h3-5,7H,6H2,1-2H3,(H,13,16). The van der Waals surface area contributed by atoms with E-state index in [1.54, 1.807) is 31.6 Å². The van der Waals surface area contributed by atoms with Crippen LogP contribution in [-0.2, 0) is 6.54 Å². The van der Waals surface area contributed by atoms with Crippen LogP contribution >= 0.6 is 11.3 Å². The van der Waals surface area contributed by atoms with Crippen molar-refractivity contribution in [2.24, 2.45) is 0 Å². The summed E-state index contributed by atoms with van der Waals surface area (Å²) in [5, 5.41) is 4.86. The van der Waals surface area contributed by atoms with Crippen LogP contribution in [0.3, 0.4) is 0 Å². The Morgan fingerprint density at radius 1 is 1.53 bits per heavy atom. The normalized spacial score (nSPS) is 10.2. The monoisotopic (exact) mass is 279 g/mol. The van der Waals surface area contributed by atoms with Crippen molar-refractivity contribution in [2.45, 2.75) is 6.54 Å². The van der Waals surface area contributed by atoms with E-state index in [1.807, 2.05) is 0 Å². The molecule has 2 rings (SSSR count). The van der Waals surface area contributed by atoms with Crippen molar-refractivity contribution in [2.75, 3.05) is 14.1 Å². The molecule has 0 aromatic carbocycles. The molecule has 0 fully saturated rings. The highest BCUT2D eigenvalue weighted by Crippen LogP contribution is 2.13. The van der Waals surface area contributed by atoms with E-state index in [1.165, 1.54) is 22.5 Å². The fraction of sp³-hybridized carbons (Fsp3) is 0.250. The van der Waals surface area contributed by atoms with Crippen LogP contribution in [0.15, 0.2) is 28.2 Å². The third kappa shape index (κ3) is 3.00. The van der Waals surface area contributed by atoms with Crippen molar-refractivity contribution in [3.63, 3.8) is 0 Å². The van der Waals surface area contributed by atoms with E-state index < -0.39 is 0 Å². The molecule has 2 amide bonds. The fourth-order valence-corrected chi connectivity index (χ4v) is 2.31. The molecule has 0 aliphatic heterocycles. The zero-order valence-corrected chi connectivity index (χ0v) is 11.4. The Hall–Kier alpha value is -2.15. The summed E-state index contributed by atoms with van der Waals surface area (Å²) in [6.07, 6.45) is 1.45. The van der Waals surface area contributed by atoms with Crippen LogP contribution in [0.2, 0.25) is 0 Å². The van der Waals surface area contributed by atoms with E-state index in [2.05, 4.69) is 10.3 Å². The summed E-state index contributed by atoms with van der Waals surface area (Å²) in [6.45, 7) is 0.335. The third-order valence-corrected chi connectivity index (χ3v) is 3.30. The zero-order valence-electron chi connectivity index (χ0n) is 10.5. The molecule has 0 unspecified atom stereocenters. The highest BCUT2D eigenvalue weighted by molar-refractivity contribution is 7.09. The number of carbonyl (C=O) groups excluding carboxylic acids is 2. The van der Waals surface area contributed by atoms with Crippen LogP contribution in [0.25, 0.3) is 0 Å². The number of rotatable bonds is 4. The second kappa shape index (κ2) is 5.66. The van der Waals surface area contributed by atoms with Crippen LogP contribution < -0.4 is 5.32 Å². The van der Waals surface area contributed by atoms with Crippen LogP contribution in [0, 0.1) is 0 Å². The first kappa shape index (κ1) is 13.3. The Morgan fingerprint density at radius 2 is 2.32 bits per heavy atom. The molecular weight excluding hydrogens is 266 g/mol. The summed E-state index contributed by atoms with van der Waals surface area (Å²) >= 11 is 1.34. The average Bonchev–Trinajstić information content (AvgIpc) is 3.07. The number of amides is 2. The first-order valence-corrected chi connectivity index (χ1v) is 6.45. The molecule has 100 valence electrons. The first-order valence-electron chi connectivity index (χ1n) is 5.57. The smallest absolute Gasteiger partial charge is 0.289 e. The van der Waals surface area contributed by atoms with E-state index >= 15 is 0 Å². The van der Waals surface area contributed by atoms with Gasteiger partial charge in [-0.2, -0.15) is 0 Å². The SMILES string of the molecule is CNC(=O)c1csc(CN(C)C(=O)c2ccco2)n1. The lowest BCUT2D eigenvalue weighted by molar-refractivity contribution is 0.0753. The zero-order chi connectivity index (χ0) is 13.8. The van der Waals surface area contributed by atoms with Gasteiger partial charge in [0.15, 0.2) is 5.76 Å². The van der Waals surface area contributed by atoms with Crippen molar-refractivity contribution in [1.82, 2.24) is 15.2 Å². The minimum atomic E-state index is -0.234. The number of furan rings is 1. The summed E-state index contributed by atoms with van der Waals surface area (Å²) in [6, 6.07) is 3.27. The molecule has 0 aliphatic rings. The second-order valence-electron chi connectivity index (χ2n) is 3.84. The average molecular weight is 279 g/mol.